The number of nitrogens with zero attached hydrogens (tertiary/aromatic N) is 2. The van der Waals surface area contributed by atoms with Crippen molar-refractivity contribution in [3.05, 3.63) is 98.5 Å². The number of amides is 2. The minimum atomic E-state index is -3.66. The highest BCUT2D eigenvalue weighted by molar-refractivity contribution is 7.92. The highest BCUT2D eigenvalue weighted by Crippen LogP contribution is 2.28. The number of benzene rings is 3. The van der Waals surface area contributed by atoms with Gasteiger partial charge in [0.05, 0.1) is 22.0 Å². The second-order valence-electron chi connectivity index (χ2n) is 10.7. The first-order valence-corrected chi connectivity index (χ1v) is 17.1. The lowest BCUT2D eigenvalue weighted by Crippen LogP contribution is -2.52. The molecule has 0 heterocycles. The van der Waals surface area contributed by atoms with Crippen LogP contribution in [0.25, 0.3) is 0 Å². The van der Waals surface area contributed by atoms with Gasteiger partial charge in [-0.2, -0.15) is 0 Å². The number of carbonyl (C=O) groups is 2. The van der Waals surface area contributed by atoms with E-state index in [1.54, 1.807) is 48.2 Å². The van der Waals surface area contributed by atoms with Crippen molar-refractivity contribution in [3.63, 3.8) is 0 Å². The number of hydrogen-bond acceptors (Lipinski definition) is 4. The van der Waals surface area contributed by atoms with E-state index in [0.717, 1.165) is 23.8 Å². The summed E-state index contributed by atoms with van der Waals surface area (Å²) in [6.07, 6.45) is 2.39. The fraction of sp³-hybridized carbons (Fsp3) is 0.375. The van der Waals surface area contributed by atoms with Crippen LogP contribution in [-0.2, 0) is 32.6 Å². The van der Waals surface area contributed by atoms with Crippen LogP contribution in [0.4, 0.5) is 5.69 Å². The third-order valence-electron chi connectivity index (χ3n) is 7.20. The molecule has 43 heavy (non-hydrogen) atoms. The molecule has 232 valence electrons. The van der Waals surface area contributed by atoms with E-state index < -0.39 is 16.1 Å². The van der Waals surface area contributed by atoms with E-state index in [0.29, 0.717) is 32.7 Å². The van der Waals surface area contributed by atoms with Crippen molar-refractivity contribution in [2.24, 2.45) is 0 Å². The summed E-state index contributed by atoms with van der Waals surface area (Å²) < 4.78 is 26.8. The molecule has 0 spiro atoms. The maximum Gasteiger partial charge on any atom is 0.243 e. The zero-order chi connectivity index (χ0) is 31.7. The average molecular weight is 667 g/mol. The smallest absolute Gasteiger partial charge is 0.243 e. The molecule has 0 aliphatic carbocycles. The molecule has 3 aromatic rings. The van der Waals surface area contributed by atoms with Crippen molar-refractivity contribution in [1.82, 2.24) is 10.2 Å². The predicted octanol–water partition coefficient (Wildman–Crippen LogP) is 7.06. The second-order valence-corrected chi connectivity index (χ2v) is 13.8. The number of aryl methyl sites for hydroxylation is 1. The van der Waals surface area contributed by atoms with Gasteiger partial charge in [0.15, 0.2) is 0 Å². The Morgan fingerprint density at radius 3 is 2.26 bits per heavy atom. The fourth-order valence-corrected chi connectivity index (χ4v) is 6.17. The molecule has 0 fully saturated rings. The van der Waals surface area contributed by atoms with E-state index in [1.165, 1.54) is 4.31 Å². The minimum absolute atomic E-state index is 0.00879. The summed E-state index contributed by atoms with van der Waals surface area (Å²) in [5.74, 6) is -0.554. The summed E-state index contributed by atoms with van der Waals surface area (Å²) in [6.45, 7) is 5.88. The third kappa shape index (κ3) is 10.1. The Balaban J connectivity index is 1.93. The van der Waals surface area contributed by atoms with E-state index >= 15 is 0 Å². The number of nitrogens with one attached hydrogen (secondary N) is 1. The maximum atomic E-state index is 14.0. The van der Waals surface area contributed by atoms with Crippen LogP contribution in [0.2, 0.25) is 15.1 Å². The molecule has 7 nitrogen and oxygen atoms in total. The second kappa shape index (κ2) is 15.8. The first-order valence-electron chi connectivity index (χ1n) is 14.1. The van der Waals surface area contributed by atoms with Gasteiger partial charge in [0, 0.05) is 37.0 Å². The summed E-state index contributed by atoms with van der Waals surface area (Å²) in [7, 11) is -3.66. The van der Waals surface area contributed by atoms with E-state index in [4.69, 9.17) is 34.8 Å². The van der Waals surface area contributed by atoms with Gasteiger partial charge in [-0.1, -0.05) is 84.2 Å². The fourth-order valence-electron chi connectivity index (χ4n) is 4.66. The first-order chi connectivity index (χ1) is 20.3. The summed E-state index contributed by atoms with van der Waals surface area (Å²) in [6, 6.07) is 18.8. The number of rotatable bonds is 14. The number of carbonyl (C=O) groups excluding carboxylic acids is 2. The molecular formula is C32H38Cl3N3O4S. The molecule has 0 unspecified atom stereocenters. The van der Waals surface area contributed by atoms with Crippen LogP contribution in [0.1, 0.15) is 49.8 Å². The van der Waals surface area contributed by atoms with Gasteiger partial charge in [0.2, 0.25) is 21.8 Å². The number of sulfonamides is 1. The van der Waals surface area contributed by atoms with Gasteiger partial charge in [0.25, 0.3) is 0 Å². The Morgan fingerprint density at radius 2 is 1.63 bits per heavy atom. The molecule has 0 aromatic heterocycles. The topological polar surface area (TPSA) is 86.8 Å². The SMILES string of the molecule is CC[C@@H](C)NC(=O)[C@H](Cc1ccccc1)N(Cc1ccc(Cl)c(Cl)c1)C(=O)CCCN(c1cc(Cl)ccc1C)S(C)(=O)=O. The van der Waals surface area contributed by atoms with Crippen molar-refractivity contribution >= 4 is 62.3 Å². The molecule has 2 amide bonds. The zero-order valence-corrected chi connectivity index (χ0v) is 27.9. The molecule has 0 aliphatic heterocycles. The molecule has 0 saturated heterocycles. The van der Waals surface area contributed by atoms with Crippen molar-refractivity contribution in [3.8, 4) is 0 Å². The van der Waals surface area contributed by atoms with Crippen LogP contribution in [0.15, 0.2) is 66.7 Å². The van der Waals surface area contributed by atoms with Crippen LogP contribution in [0.5, 0.6) is 0 Å². The first kappa shape index (κ1) is 34.7. The maximum absolute atomic E-state index is 14.0. The quantitative estimate of drug-likeness (QED) is 0.200. The van der Waals surface area contributed by atoms with Gasteiger partial charge < -0.3 is 10.2 Å². The monoisotopic (exact) mass is 665 g/mol. The Kier molecular flexibility index (Phi) is 12.8. The molecular weight excluding hydrogens is 629 g/mol. The minimum Gasteiger partial charge on any atom is -0.352 e. The average Bonchev–Trinajstić information content (AvgIpc) is 2.96. The predicted molar refractivity (Wildman–Crippen MR) is 176 cm³/mol. The van der Waals surface area contributed by atoms with E-state index in [-0.39, 0.29) is 43.8 Å². The molecule has 3 rings (SSSR count). The van der Waals surface area contributed by atoms with Gasteiger partial charge in [-0.15, -0.1) is 0 Å². The summed E-state index contributed by atoms with van der Waals surface area (Å²) in [4.78, 5) is 29.2. The van der Waals surface area contributed by atoms with Crippen molar-refractivity contribution in [2.75, 3.05) is 17.1 Å². The van der Waals surface area contributed by atoms with Gasteiger partial charge in [-0.05, 0) is 67.6 Å². The lowest BCUT2D eigenvalue weighted by molar-refractivity contribution is -0.141. The lowest BCUT2D eigenvalue weighted by Gasteiger charge is -2.33. The lowest BCUT2D eigenvalue weighted by atomic mass is 10.0. The Hall–Kier alpha value is -2.78. The largest absolute Gasteiger partial charge is 0.352 e. The van der Waals surface area contributed by atoms with Crippen LogP contribution in [-0.4, -0.2) is 50.0 Å². The summed E-state index contributed by atoms with van der Waals surface area (Å²) in [5.41, 5.74) is 2.82. The van der Waals surface area contributed by atoms with E-state index in [2.05, 4.69) is 5.32 Å². The number of halogens is 3. The van der Waals surface area contributed by atoms with Crippen LogP contribution < -0.4 is 9.62 Å². The molecule has 0 bridgehead atoms. The van der Waals surface area contributed by atoms with Crippen molar-refractivity contribution < 1.29 is 18.0 Å². The number of hydrogen-bond donors (Lipinski definition) is 1. The highest BCUT2D eigenvalue weighted by atomic mass is 35.5. The summed E-state index contributed by atoms with van der Waals surface area (Å²) in [5, 5.41) is 4.18. The Labute approximate surface area is 270 Å². The molecule has 11 heteroatoms. The van der Waals surface area contributed by atoms with Crippen LogP contribution >= 0.6 is 34.8 Å². The molecule has 0 aliphatic rings. The molecule has 0 radical (unpaired) electrons. The Bertz CT molecular complexity index is 1520. The van der Waals surface area contributed by atoms with E-state index in [9.17, 15) is 18.0 Å². The molecule has 0 saturated carbocycles. The standard InChI is InChI=1S/C32H38Cl3N3O4S/c1-5-23(3)36-32(40)30(19-24-10-7-6-8-11-24)37(21-25-14-16-27(34)28(35)18-25)31(39)12-9-17-38(43(4,41)42)29-20-26(33)15-13-22(29)2/h6-8,10-11,13-16,18,20,23,30H,5,9,12,17,19,21H2,1-4H3,(H,36,40)/t23-,30+/m1/s1. The molecule has 2 atom stereocenters. The highest BCUT2D eigenvalue weighted by Gasteiger charge is 2.31. The third-order valence-corrected chi connectivity index (χ3v) is 9.36. The van der Waals surface area contributed by atoms with Gasteiger partial charge in [-0.25, -0.2) is 8.42 Å². The van der Waals surface area contributed by atoms with Crippen LogP contribution in [0, 0.1) is 6.92 Å². The van der Waals surface area contributed by atoms with Crippen LogP contribution in [0.3, 0.4) is 0 Å². The van der Waals surface area contributed by atoms with Gasteiger partial charge in [-0.3, -0.25) is 13.9 Å². The zero-order valence-electron chi connectivity index (χ0n) is 24.8. The summed E-state index contributed by atoms with van der Waals surface area (Å²) >= 11 is 18.6. The van der Waals surface area contributed by atoms with E-state index in [1.807, 2.05) is 44.2 Å². The van der Waals surface area contributed by atoms with Gasteiger partial charge in [0.1, 0.15) is 6.04 Å². The molecule has 3 aromatic carbocycles. The Morgan fingerprint density at radius 1 is 0.930 bits per heavy atom. The molecule has 1 N–H and O–H groups in total. The normalized spacial score (nSPS) is 12.8. The van der Waals surface area contributed by atoms with Crippen molar-refractivity contribution in [1.29, 1.82) is 0 Å². The van der Waals surface area contributed by atoms with Gasteiger partial charge >= 0.3 is 0 Å². The van der Waals surface area contributed by atoms with Crippen molar-refractivity contribution in [2.45, 2.75) is 65.1 Å². The number of anilines is 1.